The molecular formula is C9H7NO3. The largest absolute Gasteiger partial charge is 0.507 e. The number of hydrogen-bond acceptors (Lipinski definition) is 4. The van der Waals surface area contributed by atoms with Crippen molar-refractivity contribution in [2.24, 2.45) is 0 Å². The predicted octanol–water partition coefficient (Wildman–Crippen LogP) is 1.19. The Balaban J connectivity index is 3.14. The second kappa shape index (κ2) is 3.59. The topological polar surface area (TPSA) is 81.3 Å². The molecule has 0 aliphatic carbocycles. The molecular weight excluding hydrogens is 170 g/mol. The van der Waals surface area contributed by atoms with Crippen LogP contribution >= 0.6 is 0 Å². The predicted molar refractivity (Wildman–Crippen MR) is 44.3 cm³/mol. The number of ketones is 1. The fraction of sp³-hybridized carbons (Fsp3) is 0.111. The maximum Gasteiger partial charge on any atom is 0.184 e. The first-order chi connectivity index (χ1) is 6.16. The number of carbonyl (C=O) groups is 1. The van der Waals surface area contributed by atoms with Crippen molar-refractivity contribution in [3.63, 3.8) is 0 Å². The summed E-state index contributed by atoms with van der Waals surface area (Å²) in [7, 11) is 0. The number of nitrogens with zero attached hydrogens (tertiary/aromatic N) is 1. The molecule has 0 saturated carbocycles. The zero-order valence-electron chi connectivity index (χ0n) is 6.69. The molecule has 0 radical (unpaired) electrons. The average molecular weight is 177 g/mol. The lowest BCUT2D eigenvalue weighted by Crippen LogP contribution is -1.98. The van der Waals surface area contributed by atoms with Gasteiger partial charge >= 0.3 is 0 Å². The fourth-order valence-corrected chi connectivity index (χ4v) is 0.974. The Kier molecular flexibility index (Phi) is 2.50. The highest BCUT2D eigenvalue weighted by atomic mass is 16.3. The van der Waals surface area contributed by atoms with Crippen molar-refractivity contribution in [3.05, 3.63) is 23.8 Å². The number of aromatic hydroxyl groups is 2. The molecule has 2 N–H and O–H groups in total. The van der Waals surface area contributed by atoms with E-state index in [-0.39, 0.29) is 23.5 Å². The molecule has 13 heavy (non-hydrogen) atoms. The third-order valence-electron chi connectivity index (χ3n) is 1.54. The van der Waals surface area contributed by atoms with E-state index in [1.54, 1.807) is 6.07 Å². The molecule has 1 aromatic carbocycles. The van der Waals surface area contributed by atoms with Crippen molar-refractivity contribution in [1.82, 2.24) is 0 Å². The summed E-state index contributed by atoms with van der Waals surface area (Å²) in [4.78, 5) is 11.1. The summed E-state index contributed by atoms with van der Waals surface area (Å²) in [6.07, 6.45) is -0.356. The van der Waals surface area contributed by atoms with E-state index >= 15 is 0 Å². The quantitative estimate of drug-likeness (QED) is 0.665. The van der Waals surface area contributed by atoms with Gasteiger partial charge in [-0.2, -0.15) is 5.26 Å². The lowest BCUT2D eigenvalue weighted by atomic mass is 10.1. The monoisotopic (exact) mass is 177 g/mol. The molecule has 0 aliphatic heterocycles. The normalized spacial score (nSPS) is 9.15. The zero-order valence-corrected chi connectivity index (χ0v) is 6.69. The first-order valence-electron chi connectivity index (χ1n) is 3.58. The van der Waals surface area contributed by atoms with Crippen LogP contribution in [0.4, 0.5) is 0 Å². The van der Waals surface area contributed by atoms with E-state index in [4.69, 9.17) is 5.26 Å². The van der Waals surface area contributed by atoms with Crippen molar-refractivity contribution >= 4 is 5.78 Å². The van der Waals surface area contributed by atoms with Gasteiger partial charge in [-0.05, 0) is 12.1 Å². The number of phenols is 2. The summed E-state index contributed by atoms with van der Waals surface area (Å²) < 4.78 is 0. The van der Waals surface area contributed by atoms with E-state index < -0.39 is 5.78 Å². The van der Waals surface area contributed by atoms with Gasteiger partial charge in [0.25, 0.3) is 0 Å². The molecule has 0 unspecified atom stereocenters. The van der Waals surface area contributed by atoms with Gasteiger partial charge in [0.2, 0.25) is 0 Å². The third-order valence-corrected chi connectivity index (χ3v) is 1.54. The van der Waals surface area contributed by atoms with Crippen molar-refractivity contribution in [2.75, 3.05) is 0 Å². The van der Waals surface area contributed by atoms with Crippen LogP contribution in [0, 0.1) is 11.3 Å². The highest BCUT2D eigenvalue weighted by Gasteiger charge is 2.14. The number of hydrogen-bond donors (Lipinski definition) is 2. The highest BCUT2D eigenvalue weighted by Crippen LogP contribution is 2.27. The molecule has 0 bridgehead atoms. The smallest absolute Gasteiger partial charge is 0.184 e. The number of Topliss-reactive ketones (excluding diaryl/α,β-unsaturated/α-hetero) is 1. The summed E-state index contributed by atoms with van der Waals surface area (Å²) in [6.45, 7) is 0. The second-order valence-electron chi connectivity index (χ2n) is 2.43. The number of rotatable bonds is 2. The SMILES string of the molecule is N#CCC(=O)c1c(O)cccc1O. The van der Waals surface area contributed by atoms with Gasteiger partial charge in [-0.25, -0.2) is 0 Å². The Labute approximate surface area is 74.7 Å². The van der Waals surface area contributed by atoms with Crippen LogP contribution in [0.5, 0.6) is 11.5 Å². The molecule has 4 nitrogen and oxygen atoms in total. The number of carbonyl (C=O) groups excluding carboxylic acids is 1. The average Bonchev–Trinajstić information content (AvgIpc) is 2.04. The van der Waals surface area contributed by atoms with Crippen molar-refractivity contribution in [3.8, 4) is 17.6 Å². The Morgan fingerprint density at radius 3 is 2.38 bits per heavy atom. The van der Waals surface area contributed by atoms with Crippen LogP contribution in [0.15, 0.2) is 18.2 Å². The van der Waals surface area contributed by atoms with Crippen LogP contribution < -0.4 is 0 Å². The molecule has 1 aromatic rings. The molecule has 0 atom stereocenters. The van der Waals surface area contributed by atoms with Crippen LogP contribution in [0.1, 0.15) is 16.8 Å². The molecule has 0 aliphatic rings. The summed E-state index contributed by atoms with van der Waals surface area (Å²) >= 11 is 0. The maximum absolute atomic E-state index is 11.1. The maximum atomic E-state index is 11.1. The van der Waals surface area contributed by atoms with Gasteiger partial charge in [-0.15, -0.1) is 0 Å². The molecule has 4 heteroatoms. The lowest BCUT2D eigenvalue weighted by molar-refractivity contribution is 0.0992. The minimum Gasteiger partial charge on any atom is -0.507 e. The molecule has 0 aromatic heterocycles. The van der Waals surface area contributed by atoms with Gasteiger partial charge in [0, 0.05) is 0 Å². The summed E-state index contributed by atoms with van der Waals surface area (Å²) in [5.41, 5.74) is -0.191. The van der Waals surface area contributed by atoms with E-state index in [9.17, 15) is 15.0 Å². The summed E-state index contributed by atoms with van der Waals surface area (Å²) in [6, 6.07) is 5.62. The van der Waals surface area contributed by atoms with Gasteiger partial charge in [-0.1, -0.05) is 6.07 Å². The first-order valence-corrected chi connectivity index (χ1v) is 3.58. The van der Waals surface area contributed by atoms with Crippen LogP contribution in [-0.4, -0.2) is 16.0 Å². The molecule has 66 valence electrons. The lowest BCUT2D eigenvalue weighted by Gasteiger charge is -2.02. The molecule has 0 amide bonds. The van der Waals surface area contributed by atoms with Crippen LogP contribution in [0.2, 0.25) is 0 Å². The van der Waals surface area contributed by atoms with Crippen LogP contribution in [-0.2, 0) is 0 Å². The number of benzene rings is 1. The van der Waals surface area contributed by atoms with Crippen LogP contribution in [0.3, 0.4) is 0 Å². The molecule has 0 heterocycles. The minimum atomic E-state index is -0.585. The van der Waals surface area contributed by atoms with Crippen molar-refractivity contribution in [1.29, 1.82) is 5.26 Å². The van der Waals surface area contributed by atoms with Gasteiger partial charge in [0.15, 0.2) is 5.78 Å². The second-order valence-corrected chi connectivity index (χ2v) is 2.43. The first kappa shape index (κ1) is 9.07. The van der Waals surface area contributed by atoms with Gasteiger partial charge < -0.3 is 10.2 Å². The van der Waals surface area contributed by atoms with E-state index in [0.29, 0.717) is 0 Å². The summed E-state index contributed by atoms with van der Waals surface area (Å²) in [5, 5.41) is 26.6. The fourth-order valence-electron chi connectivity index (χ4n) is 0.974. The molecule has 0 fully saturated rings. The van der Waals surface area contributed by atoms with Crippen LogP contribution in [0.25, 0.3) is 0 Å². The number of phenolic OH excluding ortho intramolecular Hbond substituents is 2. The van der Waals surface area contributed by atoms with E-state index in [1.165, 1.54) is 18.2 Å². The van der Waals surface area contributed by atoms with E-state index in [2.05, 4.69) is 0 Å². The minimum absolute atomic E-state index is 0.191. The highest BCUT2D eigenvalue weighted by molar-refractivity contribution is 6.02. The third kappa shape index (κ3) is 1.76. The van der Waals surface area contributed by atoms with Crippen molar-refractivity contribution < 1.29 is 15.0 Å². The Hall–Kier alpha value is -2.02. The Bertz CT molecular complexity index is 359. The molecule has 0 spiro atoms. The van der Waals surface area contributed by atoms with Gasteiger partial charge in [0.1, 0.15) is 17.1 Å². The standard InChI is InChI=1S/C9H7NO3/c10-5-4-8(13)9-6(11)2-1-3-7(9)12/h1-3,11-12H,4H2. The molecule has 0 saturated heterocycles. The summed E-state index contributed by atoms with van der Waals surface area (Å²) in [5.74, 6) is -1.20. The zero-order chi connectivity index (χ0) is 9.84. The Morgan fingerprint density at radius 1 is 1.38 bits per heavy atom. The van der Waals surface area contributed by atoms with E-state index in [1.807, 2.05) is 0 Å². The van der Waals surface area contributed by atoms with E-state index in [0.717, 1.165) is 0 Å². The van der Waals surface area contributed by atoms with Gasteiger partial charge in [-0.3, -0.25) is 4.79 Å². The van der Waals surface area contributed by atoms with Gasteiger partial charge in [0.05, 0.1) is 12.5 Å². The number of nitriles is 1. The molecule has 1 rings (SSSR count). The Morgan fingerprint density at radius 2 is 1.92 bits per heavy atom. The van der Waals surface area contributed by atoms with Crippen molar-refractivity contribution in [2.45, 2.75) is 6.42 Å².